The molecule has 21 heavy (non-hydrogen) atoms. The molecule has 0 spiro atoms. The lowest BCUT2D eigenvalue weighted by Crippen LogP contribution is -2.33. The van der Waals surface area contributed by atoms with Crippen LogP contribution >= 0.6 is 27.5 Å². The molecule has 0 fully saturated rings. The van der Waals surface area contributed by atoms with Gasteiger partial charge in [-0.25, -0.2) is 12.7 Å². The van der Waals surface area contributed by atoms with Gasteiger partial charge < -0.3 is 5.32 Å². The molecule has 118 valence electrons. The molecule has 0 unspecified atom stereocenters. The number of carbonyl (C=O) groups is 1. The van der Waals surface area contributed by atoms with Crippen molar-refractivity contribution in [1.82, 2.24) is 9.62 Å². The average Bonchev–Trinajstić information content (AvgIpc) is 2.40. The molecule has 5 nitrogen and oxygen atoms in total. The number of hydrogen-bond donors (Lipinski definition) is 1. The smallest absolute Gasteiger partial charge is 0.252 e. The number of hydrogen-bond acceptors (Lipinski definition) is 3. The summed E-state index contributed by atoms with van der Waals surface area (Å²) < 4.78 is 24.8. The first-order valence-electron chi connectivity index (χ1n) is 6.44. The van der Waals surface area contributed by atoms with E-state index in [1.807, 2.05) is 0 Å². The number of halogens is 2. The van der Waals surface area contributed by atoms with Gasteiger partial charge in [0.25, 0.3) is 5.91 Å². The van der Waals surface area contributed by atoms with Crippen molar-refractivity contribution in [3.05, 3.63) is 33.3 Å². The van der Waals surface area contributed by atoms with Crippen molar-refractivity contribution in [2.24, 2.45) is 0 Å². The first kappa shape index (κ1) is 18.4. The van der Waals surface area contributed by atoms with E-state index in [0.29, 0.717) is 41.1 Å². The van der Waals surface area contributed by atoms with Gasteiger partial charge in [-0.15, -0.1) is 0 Å². The van der Waals surface area contributed by atoms with Gasteiger partial charge in [0.15, 0.2) is 0 Å². The second kappa shape index (κ2) is 8.12. The molecule has 0 aromatic heterocycles. The van der Waals surface area contributed by atoms with Crippen molar-refractivity contribution in [2.45, 2.75) is 13.3 Å². The van der Waals surface area contributed by atoms with Crippen LogP contribution in [0.3, 0.4) is 0 Å². The molecule has 1 amide bonds. The first-order valence-corrected chi connectivity index (χ1v) is 9.46. The highest BCUT2D eigenvalue weighted by atomic mass is 79.9. The molecular weight excluding hydrogens is 380 g/mol. The predicted molar refractivity (Wildman–Crippen MR) is 88.2 cm³/mol. The maximum absolute atomic E-state index is 12.0. The molecule has 0 heterocycles. The summed E-state index contributed by atoms with van der Waals surface area (Å²) in [6, 6.07) is 5.12. The van der Waals surface area contributed by atoms with Crippen LogP contribution in [0.5, 0.6) is 0 Å². The van der Waals surface area contributed by atoms with E-state index in [-0.39, 0.29) is 5.91 Å². The van der Waals surface area contributed by atoms with E-state index in [9.17, 15) is 13.2 Å². The summed E-state index contributed by atoms with van der Waals surface area (Å²) in [6.07, 6.45) is 1.72. The lowest BCUT2D eigenvalue weighted by atomic mass is 10.2. The van der Waals surface area contributed by atoms with Gasteiger partial charge in [0.1, 0.15) is 0 Å². The Kier molecular flexibility index (Phi) is 7.12. The molecule has 0 radical (unpaired) electrons. The zero-order chi connectivity index (χ0) is 16.0. The standard InChI is InChI=1S/C13H18BrClN2O3S/c1-3-17(21(2,19)20)9-5-8-16-13(18)10-6-4-7-11(14)12(10)15/h4,6-7H,3,5,8-9H2,1-2H3,(H,16,18). The van der Waals surface area contributed by atoms with Gasteiger partial charge in [-0.2, -0.15) is 0 Å². The third kappa shape index (κ3) is 5.58. The van der Waals surface area contributed by atoms with E-state index < -0.39 is 10.0 Å². The van der Waals surface area contributed by atoms with Crippen LogP contribution in [0.2, 0.25) is 5.02 Å². The number of amides is 1. The summed E-state index contributed by atoms with van der Waals surface area (Å²) >= 11 is 9.30. The molecule has 0 aliphatic carbocycles. The Balaban J connectivity index is 2.49. The molecule has 0 saturated heterocycles. The molecule has 0 bridgehead atoms. The second-order valence-corrected chi connectivity index (χ2v) is 7.68. The predicted octanol–water partition coefficient (Wildman–Crippen LogP) is 2.50. The summed E-state index contributed by atoms with van der Waals surface area (Å²) in [5, 5.41) is 3.09. The zero-order valence-electron chi connectivity index (χ0n) is 11.9. The lowest BCUT2D eigenvalue weighted by Gasteiger charge is -2.17. The van der Waals surface area contributed by atoms with Crippen molar-refractivity contribution in [2.75, 3.05) is 25.9 Å². The molecular formula is C13H18BrClN2O3S. The minimum atomic E-state index is -3.19. The van der Waals surface area contributed by atoms with Crippen molar-refractivity contribution >= 4 is 43.5 Å². The number of rotatable bonds is 7. The summed E-state index contributed by atoms with van der Waals surface area (Å²) in [5.41, 5.74) is 0.390. The Morgan fingerprint density at radius 2 is 2.10 bits per heavy atom. The fourth-order valence-corrected chi connectivity index (χ4v) is 3.30. The number of nitrogens with zero attached hydrogens (tertiary/aromatic N) is 1. The van der Waals surface area contributed by atoms with E-state index in [1.165, 1.54) is 10.6 Å². The Morgan fingerprint density at radius 3 is 2.67 bits per heavy atom. The van der Waals surface area contributed by atoms with Gasteiger partial charge >= 0.3 is 0 Å². The largest absolute Gasteiger partial charge is 0.352 e. The highest BCUT2D eigenvalue weighted by Crippen LogP contribution is 2.25. The summed E-state index contributed by atoms with van der Waals surface area (Å²) in [6.45, 7) is 2.96. The fourth-order valence-electron chi connectivity index (χ4n) is 1.79. The second-order valence-electron chi connectivity index (χ2n) is 4.47. The number of benzene rings is 1. The monoisotopic (exact) mass is 396 g/mol. The highest BCUT2D eigenvalue weighted by Gasteiger charge is 2.14. The Labute approximate surface area is 138 Å². The van der Waals surface area contributed by atoms with Crippen LogP contribution in [0, 0.1) is 0 Å². The Hall–Kier alpha value is -0.630. The van der Waals surface area contributed by atoms with Crippen molar-refractivity contribution in [3.63, 3.8) is 0 Å². The van der Waals surface area contributed by atoms with Crippen LogP contribution in [0.15, 0.2) is 22.7 Å². The zero-order valence-corrected chi connectivity index (χ0v) is 15.1. The third-order valence-corrected chi connectivity index (χ3v) is 5.56. The van der Waals surface area contributed by atoms with Crippen LogP contribution in [0.4, 0.5) is 0 Å². The van der Waals surface area contributed by atoms with E-state index in [1.54, 1.807) is 25.1 Å². The molecule has 0 saturated carbocycles. The van der Waals surface area contributed by atoms with Crippen LogP contribution in [0.1, 0.15) is 23.7 Å². The van der Waals surface area contributed by atoms with Crippen molar-refractivity contribution in [1.29, 1.82) is 0 Å². The quantitative estimate of drug-likeness (QED) is 0.719. The molecule has 1 aromatic carbocycles. The molecule has 1 N–H and O–H groups in total. The van der Waals surface area contributed by atoms with E-state index in [4.69, 9.17) is 11.6 Å². The molecule has 8 heteroatoms. The fraction of sp³-hybridized carbons (Fsp3) is 0.462. The molecule has 0 aliphatic rings. The Bertz CT molecular complexity index is 607. The molecule has 0 aliphatic heterocycles. The Morgan fingerprint density at radius 1 is 1.43 bits per heavy atom. The topological polar surface area (TPSA) is 66.5 Å². The highest BCUT2D eigenvalue weighted by molar-refractivity contribution is 9.10. The van der Waals surface area contributed by atoms with Crippen LogP contribution in [0.25, 0.3) is 0 Å². The van der Waals surface area contributed by atoms with Gasteiger partial charge in [-0.3, -0.25) is 4.79 Å². The molecule has 1 aromatic rings. The van der Waals surface area contributed by atoms with Crippen LogP contribution in [-0.4, -0.2) is 44.5 Å². The van der Waals surface area contributed by atoms with Crippen LogP contribution in [-0.2, 0) is 10.0 Å². The molecule has 0 atom stereocenters. The molecule has 1 rings (SSSR count). The van der Waals surface area contributed by atoms with E-state index in [2.05, 4.69) is 21.2 Å². The average molecular weight is 398 g/mol. The van der Waals surface area contributed by atoms with Gasteiger partial charge in [0, 0.05) is 24.1 Å². The number of sulfonamides is 1. The van der Waals surface area contributed by atoms with Gasteiger partial charge in [-0.1, -0.05) is 24.6 Å². The van der Waals surface area contributed by atoms with Gasteiger partial charge in [-0.05, 0) is 34.5 Å². The van der Waals surface area contributed by atoms with Gasteiger partial charge in [0.2, 0.25) is 10.0 Å². The third-order valence-electron chi connectivity index (χ3n) is 2.89. The van der Waals surface area contributed by atoms with E-state index >= 15 is 0 Å². The summed E-state index contributed by atoms with van der Waals surface area (Å²) in [7, 11) is -3.19. The summed E-state index contributed by atoms with van der Waals surface area (Å²) in [5.74, 6) is -0.274. The number of carbonyl (C=O) groups excluding carboxylic acids is 1. The first-order chi connectivity index (χ1) is 9.77. The van der Waals surface area contributed by atoms with Crippen LogP contribution < -0.4 is 5.32 Å². The minimum Gasteiger partial charge on any atom is -0.352 e. The van der Waals surface area contributed by atoms with E-state index in [0.717, 1.165) is 0 Å². The SMILES string of the molecule is CCN(CCCNC(=O)c1cccc(Br)c1Cl)S(C)(=O)=O. The summed E-state index contributed by atoms with van der Waals surface area (Å²) in [4.78, 5) is 12.0. The minimum absolute atomic E-state index is 0.274. The number of nitrogens with one attached hydrogen (secondary N) is 1. The normalized spacial score (nSPS) is 11.7. The maximum Gasteiger partial charge on any atom is 0.252 e. The van der Waals surface area contributed by atoms with Crippen molar-refractivity contribution in [3.8, 4) is 0 Å². The van der Waals surface area contributed by atoms with Crippen molar-refractivity contribution < 1.29 is 13.2 Å². The van der Waals surface area contributed by atoms with Gasteiger partial charge in [0.05, 0.1) is 16.8 Å². The maximum atomic E-state index is 12.0. The lowest BCUT2D eigenvalue weighted by molar-refractivity contribution is 0.0953.